The van der Waals surface area contributed by atoms with Crippen molar-refractivity contribution in [3.05, 3.63) is 58.2 Å². The Bertz CT molecular complexity index is 1060. The minimum absolute atomic E-state index is 0.0139. The molecular weight excluding hydrogens is 771 g/mol. The molecule has 2 aromatic rings. The van der Waals surface area contributed by atoms with Crippen molar-refractivity contribution in [1.82, 2.24) is 16.0 Å². The molecule has 5 N–H and O–H groups in total. The first-order valence-electron chi connectivity index (χ1n) is 9.52. The number of benzene rings is 2. The molecule has 0 aliphatic rings. The van der Waals surface area contributed by atoms with E-state index in [9.17, 15) is 29.4 Å². The fraction of sp³-hybridized carbons (Fsp3) is 0.238. The number of hydrogen-bond acceptors (Lipinski definition) is 5. The zero-order chi connectivity index (χ0) is 24.7. The fourth-order valence-electron chi connectivity index (χ4n) is 2.74. The summed E-state index contributed by atoms with van der Waals surface area (Å²) in [4.78, 5) is 48.7. The van der Waals surface area contributed by atoms with Gasteiger partial charge in [0, 0.05) is 9.99 Å². The SMILES string of the molecule is C[C@H](NC(=O)CNC(=O)c1c(I)cc(I)c(O)c1I)C(=O)N[C@@H](Cc1ccccc1)C(=O)O. The third kappa shape index (κ3) is 7.94. The zero-order valence-corrected chi connectivity index (χ0v) is 23.7. The second kappa shape index (κ2) is 12.7. The van der Waals surface area contributed by atoms with E-state index in [1.807, 2.05) is 67.8 Å². The van der Waals surface area contributed by atoms with Crippen molar-refractivity contribution < 1.29 is 29.4 Å². The topological polar surface area (TPSA) is 145 Å². The molecule has 176 valence electrons. The van der Waals surface area contributed by atoms with E-state index in [0.717, 1.165) is 5.56 Å². The van der Waals surface area contributed by atoms with Gasteiger partial charge in [-0.05, 0) is 86.3 Å². The molecule has 0 saturated heterocycles. The summed E-state index contributed by atoms with van der Waals surface area (Å²) in [5.41, 5.74) is 0.994. The maximum atomic E-state index is 12.5. The molecule has 2 atom stereocenters. The molecule has 0 heterocycles. The number of carboxylic acid groups (broad SMARTS) is 1. The minimum Gasteiger partial charge on any atom is -0.506 e. The number of hydrogen-bond donors (Lipinski definition) is 5. The van der Waals surface area contributed by atoms with Gasteiger partial charge in [-0.1, -0.05) is 30.3 Å². The summed E-state index contributed by atoms with van der Waals surface area (Å²) < 4.78 is 1.58. The summed E-state index contributed by atoms with van der Waals surface area (Å²) in [6.45, 7) is 1.02. The predicted octanol–water partition coefficient (Wildman–Crippen LogP) is 2.25. The van der Waals surface area contributed by atoms with Crippen molar-refractivity contribution in [3.8, 4) is 5.75 Å². The molecule has 33 heavy (non-hydrogen) atoms. The van der Waals surface area contributed by atoms with Gasteiger partial charge in [0.05, 0.1) is 19.2 Å². The van der Waals surface area contributed by atoms with Crippen LogP contribution in [0.4, 0.5) is 0 Å². The molecule has 0 aliphatic carbocycles. The molecule has 0 saturated carbocycles. The van der Waals surface area contributed by atoms with Gasteiger partial charge in [0.15, 0.2) is 0 Å². The van der Waals surface area contributed by atoms with Crippen LogP contribution < -0.4 is 16.0 Å². The Balaban J connectivity index is 1.92. The maximum Gasteiger partial charge on any atom is 0.326 e. The molecule has 2 aromatic carbocycles. The van der Waals surface area contributed by atoms with Crippen molar-refractivity contribution in [2.45, 2.75) is 25.4 Å². The summed E-state index contributed by atoms with van der Waals surface area (Å²) in [5, 5.41) is 26.8. The second-order valence-corrected chi connectivity index (χ2v) is 10.3. The smallest absolute Gasteiger partial charge is 0.326 e. The molecule has 0 bridgehead atoms. The number of phenolic OH excluding ortho intramolecular Hbond substituents is 1. The van der Waals surface area contributed by atoms with Gasteiger partial charge in [0.2, 0.25) is 11.8 Å². The Kier molecular flexibility index (Phi) is 10.6. The van der Waals surface area contributed by atoms with E-state index in [4.69, 9.17) is 0 Å². The molecule has 3 amide bonds. The normalized spacial score (nSPS) is 12.4. The number of halogens is 3. The molecule has 2 rings (SSSR count). The van der Waals surface area contributed by atoms with Gasteiger partial charge in [0.1, 0.15) is 17.8 Å². The molecule has 9 nitrogen and oxygen atoms in total. The Morgan fingerprint density at radius 3 is 2.24 bits per heavy atom. The Morgan fingerprint density at radius 2 is 1.64 bits per heavy atom. The van der Waals surface area contributed by atoms with Crippen molar-refractivity contribution in [1.29, 1.82) is 0 Å². The third-order valence-electron chi connectivity index (χ3n) is 4.45. The van der Waals surface area contributed by atoms with E-state index in [-0.39, 0.29) is 17.7 Å². The van der Waals surface area contributed by atoms with Crippen molar-refractivity contribution in [2.75, 3.05) is 6.54 Å². The summed E-state index contributed by atoms with van der Waals surface area (Å²) >= 11 is 5.78. The van der Waals surface area contributed by atoms with Gasteiger partial charge in [0.25, 0.3) is 5.91 Å². The van der Waals surface area contributed by atoms with Crippen molar-refractivity contribution >= 4 is 91.5 Å². The number of phenols is 1. The van der Waals surface area contributed by atoms with Gasteiger partial charge < -0.3 is 26.2 Å². The quantitative estimate of drug-likeness (QED) is 0.247. The van der Waals surface area contributed by atoms with Crippen LogP contribution in [0.1, 0.15) is 22.8 Å². The average Bonchev–Trinajstić information content (AvgIpc) is 2.76. The highest BCUT2D eigenvalue weighted by Gasteiger charge is 2.25. The number of amides is 3. The summed E-state index contributed by atoms with van der Waals surface area (Å²) in [5.74, 6) is -3.04. The second-order valence-electron chi connectivity index (χ2n) is 6.94. The highest BCUT2D eigenvalue weighted by Crippen LogP contribution is 2.32. The van der Waals surface area contributed by atoms with E-state index in [0.29, 0.717) is 10.7 Å². The Hall–Kier alpha value is -1.69. The average molecular weight is 791 g/mol. The summed E-state index contributed by atoms with van der Waals surface area (Å²) in [6.07, 6.45) is 0.0960. The minimum atomic E-state index is -1.19. The number of aromatic hydroxyl groups is 1. The van der Waals surface area contributed by atoms with Crippen LogP contribution in [0.2, 0.25) is 0 Å². The zero-order valence-electron chi connectivity index (χ0n) is 17.2. The third-order valence-corrected chi connectivity index (χ3v) is 7.17. The lowest BCUT2D eigenvalue weighted by Crippen LogP contribution is -2.52. The van der Waals surface area contributed by atoms with E-state index < -0.39 is 42.3 Å². The molecule has 0 aromatic heterocycles. The van der Waals surface area contributed by atoms with E-state index in [1.165, 1.54) is 6.92 Å². The molecule has 0 fully saturated rings. The van der Waals surface area contributed by atoms with Crippen LogP contribution in [-0.2, 0) is 20.8 Å². The number of carbonyl (C=O) groups excluding carboxylic acids is 3. The largest absolute Gasteiger partial charge is 0.506 e. The molecule has 0 spiro atoms. The first-order chi connectivity index (χ1) is 15.5. The van der Waals surface area contributed by atoms with Crippen LogP contribution in [0.3, 0.4) is 0 Å². The molecular formula is C21H20I3N3O6. The van der Waals surface area contributed by atoms with E-state index >= 15 is 0 Å². The summed E-state index contributed by atoms with van der Waals surface area (Å²) in [7, 11) is 0. The molecule has 12 heteroatoms. The Morgan fingerprint density at radius 1 is 1.00 bits per heavy atom. The van der Waals surface area contributed by atoms with Crippen LogP contribution in [0, 0.1) is 10.7 Å². The highest BCUT2D eigenvalue weighted by atomic mass is 127. The number of rotatable bonds is 9. The van der Waals surface area contributed by atoms with Crippen LogP contribution >= 0.6 is 67.8 Å². The maximum absolute atomic E-state index is 12.5. The van der Waals surface area contributed by atoms with Gasteiger partial charge in [-0.3, -0.25) is 14.4 Å². The number of carboxylic acids is 1. The van der Waals surface area contributed by atoms with Gasteiger partial charge in [-0.15, -0.1) is 0 Å². The predicted molar refractivity (Wildman–Crippen MR) is 146 cm³/mol. The van der Waals surface area contributed by atoms with E-state index in [2.05, 4.69) is 16.0 Å². The molecule has 0 radical (unpaired) electrons. The lowest BCUT2D eigenvalue weighted by Gasteiger charge is -2.19. The van der Waals surface area contributed by atoms with Gasteiger partial charge >= 0.3 is 5.97 Å². The lowest BCUT2D eigenvalue weighted by atomic mass is 10.1. The monoisotopic (exact) mass is 791 g/mol. The Labute approximate surface area is 230 Å². The highest BCUT2D eigenvalue weighted by molar-refractivity contribution is 14.1. The van der Waals surface area contributed by atoms with Gasteiger partial charge in [-0.25, -0.2) is 4.79 Å². The molecule has 0 aliphatic heterocycles. The molecule has 0 unspecified atom stereocenters. The fourth-order valence-corrected chi connectivity index (χ4v) is 6.60. The van der Waals surface area contributed by atoms with Crippen LogP contribution in [0.15, 0.2) is 36.4 Å². The first kappa shape index (κ1) is 27.6. The number of aliphatic carboxylic acids is 1. The standard InChI is InChI=1S/C21H20I3N3O6/c1-10(19(30)27-14(21(32)33)7-11-5-3-2-4-6-11)26-15(28)9-25-20(31)16-12(22)8-13(23)18(29)17(16)24/h2-6,8,10,14,29H,7,9H2,1H3,(H,25,31)(H,26,28)(H,27,30)(H,32,33)/t10-,14-/m0/s1. The van der Waals surface area contributed by atoms with Crippen molar-refractivity contribution in [3.63, 3.8) is 0 Å². The van der Waals surface area contributed by atoms with Crippen LogP contribution in [0.25, 0.3) is 0 Å². The lowest BCUT2D eigenvalue weighted by molar-refractivity contribution is -0.142. The van der Waals surface area contributed by atoms with Crippen LogP contribution in [0.5, 0.6) is 5.75 Å². The summed E-state index contributed by atoms with van der Waals surface area (Å²) in [6, 6.07) is 8.33. The van der Waals surface area contributed by atoms with Gasteiger partial charge in [-0.2, -0.15) is 0 Å². The number of carbonyl (C=O) groups is 4. The van der Waals surface area contributed by atoms with Crippen molar-refractivity contribution in [2.24, 2.45) is 0 Å². The first-order valence-corrected chi connectivity index (χ1v) is 12.8. The number of nitrogens with one attached hydrogen (secondary N) is 3. The van der Waals surface area contributed by atoms with Crippen LogP contribution in [-0.4, -0.2) is 52.5 Å². The van der Waals surface area contributed by atoms with E-state index in [1.54, 1.807) is 36.4 Å².